The van der Waals surface area contributed by atoms with Crippen molar-refractivity contribution >= 4 is 41.0 Å². The van der Waals surface area contributed by atoms with Crippen molar-refractivity contribution in [1.82, 2.24) is 9.13 Å². The van der Waals surface area contributed by atoms with Gasteiger partial charge < -0.3 is 9.47 Å². The molecule has 0 spiro atoms. The molecule has 4 aromatic rings. The predicted octanol–water partition coefficient (Wildman–Crippen LogP) is 5.39. The number of ether oxygens (including phenoxy) is 2. The van der Waals surface area contributed by atoms with E-state index in [2.05, 4.69) is 0 Å². The van der Waals surface area contributed by atoms with Crippen LogP contribution >= 0.6 is 24.0 Å². The lowest BCUT2D eigenvalue weighted by Gasteiger charge is -2.20. The first kappa shape index (κ1) is 26.8. The Balaban J connectivity index is 2.03. The molecule has 0 saturated carbocycles. The van der Waals surface area contributed by atoms with E-state index in [4.69, 9.17) is 21.7 Å². The van der Waals surface area contributed by atoms with Crippen LogP contribution in [0, 0.1) is 4.77 Å². The van der Waals surface area contributed by atoms with Gasteiger partial charge in [-0.25, -0.2) is 4.79 Å². The van der Waals surface area contributed by atoms with E-state index in [1.165, 1.54) is 28.2 Å². The fourth-order valence-corrected chi connectivity index (χ4v) is 5.15. The lowest BCUT2D eigenvalue weighted by Crippen LogP contribution is -2.32. The SMILES string of the molecule is CCOC(=O)c1c(SC(=O)c2ccccc2OC(C)=O)n(-c2ccccc2)c(=S)n(-c2ccccc2)c1=O. The number of para-hydroxylation sites is 3. The highest BCUT2D eigenvalue weighted by molar-refractivity contribution is 8.14. The van der Waals surface area contributed by atoms with E-state index in [1.807, 2.05) is 0 Å². The van der Waals surface area contributed by atoms with Gasteiger partial charge in [0, 0.05) is 12.6 Å². The summed E-state index contributed by atoms with van der Waals surface area (Å²) in [5.74, 6) is -1.44. The molecular weight excluding hydrogens is 524 g/mol. The molecule has 0 saturated heterocycles. The van der Waals surface area contributed by atoms with Crippen molar-refractivity contribution < 1.29 is 23.9 Å². The third-order valence-corrected chi connectivity index (χ3v) is 6.63. The first-order valence-corrected chi connectivity index (χ1v) is 12.8. The van der Waals surface area contributed by atoms with Gasteiger partial charge in [-0.1, -0.05) is 48.5 Å². The van der Waals surface area contributed by atoms with Crippen LogP contribution in [0.15, 0.2) is 94.7 Å². The molecule has 0 aliphatic carbocycles. The highest BCUT2D eigenvalue weighted by Crippen LogP contribution is 2.32. The van der Waals surface area contributed by atoms with E-state index >= 15 is 0 Å². The Morgan fingerprint density at radius 3 is 1.97 bits per heavy atom. The first-order valence-electron chi connectivity index (χ1n) is 11.5. The molecule has 0 radical (unpaired) electrons. The van der Waals surface area contributed by atoms with Crippen molar-refractivity contribution in [2.75, 3.05) is 6.61 Å². The average Bonchev–Trinajstić information content (AvgIpc) is 2.90. The van der Waals surface area contributed by atoms with Crippen molar-refractivity contribution in [1.29, 1.82) is 0 Å². The normalized spacial score (nSPS) is 10.6. The maximum atomic E-state index is 13.8. The Kier molecular flexibility index (Phi) is 8.35. The van der Waals surface area contributed by atoms with Gasteiger partial charge in [-0.3, -0.25) is 23.5 Å². The zero-order valence-electron chi connectivity index (χ0n) is 20.5. The van der Waals surface area contributed by atoms with Crippen LogP contribution in [-0.2, 0) is 9.53 Å². The molecule has 4 rings (SSSR count). The molecule has 0 fully saturated rings. The summed E-state index contributed by atoms with van der Waals surface area (Å²) in [6.07, 6.45) is 0. The summed E-state index contributed by atoms with van der Waals surface area (Å²) in [5, 5.41) is -0.581. The smallest absolute Gasteiger partial charge is 0.346 e. The number of hydrogen-bond acceptors (Lipinski definition) is 8. The molecule has 8 nitrogen and oxygen atoms in total. The van der Waals surface area contributed by atoms with Gasteiger partial charge in [-0.05, 0) is 67.3 Å². The van der Waals surface area contributed by atoms with Crippen LogP contribution in [0.25, 0.3) is 11.4 Å². The zero-order valence-corrected chi connectivity index (χ0v) is 22.1. The number of carbonyl (C=O) groups excluding carboxylic acids is 3. The molecule has 1 heterocycles. The zero-order chi connectivity index (χ0) is 27.2. The fraction of sp³-hybridized carbons (Fsp3) is 0.107. The van der Waals surface area contributed by atoms with E-state index < -0.39 is 22.6 Å². The number of hydrogen-bond donors (Lipinski definition) is 0. The van der Waals surface area contributed by atoms with E-state index in [-0.39, 0.29) is 33.3 Å². The Labute approximate surface area is 227 Å². The Hall–Kier alpha value is -4.28. The summed E-state index contributed by atoms with van der Waals surface area (Å²) in [5.41, 5.74) is -0.0238. The quantitative estimate of drug-likeness (QED) is 0.100. The number of thioether (sulfide) groups is 1. The summed E-state index contributed by atoms with van der Waals surface area (Å²) in [7, 11) is 0. The van der Waals surface area contributed by atoms with Crippen LogP contribution in [-0.4, -0.2) is 32.8 Å². The molecule has 0 amide bonds. The van der Waals surface area contributed by atoms with Crippen molar-refractivity contribution in [2.45, 2.75) is 18.9 Å². The second kappa shape index (κ2) is 11.8. The molecule has 10 heteroatoms. The van der Waals surface area contributed by atoms with Crippen LogP contribution in [0.3, 0.4) is 0 Å². The summed E-state index contributed by atoms with van der Waals surface area (Å²) < 4.78 is 13.2. The maximum absolute atomic E-state index is 13.8. The minimum atomic E-state index is -0.898. The molecule has 0 atom stereocenters. The van der Waals surface area contributed by atoms with Crippen LogP contribution in [0.2, 0.25) is 0 Å². The van der Waals surface area contributed by atoms with Gasteiger partial charge in [0.1, 0.15) is 10.8 Å². The summed E-state index contributed by atoms with van der Waals surface area (Å²) in [6, 6.07) is 23.7. The second-order valence-electron chi connectivity index (χ2n) is 7.81. The molecule has 0 aliphatic heterocycles. The van der Waals surface area contributed by atoms with E-state index in [0.717, 1.165) is 0 Å². The Morgan fingerprint density at radius 2 is 1.39 bits per heavy atom. The van der Waals surface area contributed by atoms with Gasteiger partial charge in [-0.15, -0.1) is 0 Å². The molecule has 3 aromatic carbocycles. The molecule has 0 N–H and O–H groups in total. The Morgan fingerprint density at radius 1 is 0.842 bits per heavy atom. The highest BCUT2D eigenvalue weighted by Gasteiger charge is 2.29. The van der Waals surface area contributed by atoms with Gasteiger partial charge in [0.25, 0.3) is 5.56 Å². The number of benzene rings is 3. The Bertz CT molecular complexity index is 1630. The average molecular weight is 547 g/mol. The maximum Gasteiger partial charge on any atom is 0.346 e. The standard InChI is InChI=1S/C28H22N2O6S2/c1-3-35-26(33)23-24(32)29(19-12-6-4-7-13-19)28(37)30(20-14-8-5-9-15-20)25(23)38-27(34)21-16-10-11-17-22(21)36-18(2)31/h4-17H,3H2,1-2H3. The molecule has 192 valence electrons. The predicted molar refractivity (Wildman–Crippen MR) is 146 cm³/mol. The molecule has 38 heavy (non-hydrogen) atoms. The number of carbonyl (C=O) groups is 3. The van der Waals surface area contributed by atoms with Crippen LogP contribution in [0.5, 0.6) is 5.75 Å². The monoisotopic (exact) mass is 546 g/mol. The minimum absolute atomic E-state index is 0.0118. The van der Waals surface area contributed by atoms with Crippen molar-refractivity contribution in [3.05, 3.63) is 111 Å². The molecule has 1 aromatic heterocycles. The number of rotatable bonds is 7. The van der Waals surface area contributed by atoms with Gasteiger partial charge >= 0.3 is 11.9 Å². The third-order valence-electron chi connectivity index (χ3n) is 5.27. The molecule has 0 bridgehead atoms. The van der Waals surface area contributed by atoms with Gasteiger partial charge in [0.05, 0.1) is 17.9 Å². The van der Waals surface area contributed by atoms with Crippen LogP contribution in [0.1, 0.15) is 34.6 Å². The van der Waals surface area contributed by atoms with E-state index in [9.17, 15) is 19.2 Å². The lowest BCUT2D eigenvalue weighted by atomic mass is 10.2. The highest BCUT2D eigenvalue weighted by atomic mass is 32.2. The molecular formula is C28H22N2O6S2. The number of aromatic nitrogens is 2. The second-order valence-corrected chi connectivity index (χ2v) is 9.14. The van der Waals surface area contributed by atoms with Gasteiger partial charge in [0.15, 0.2) is 10.3 Å². The topological polar surface area (TPSA) is 96.6 Å². The fourth-order valence-electron chi connectivity index (χ4n) is 3.69. The van der Waals surface area contributed by atoms with Crippen LogP contribution < -0.4 is 10.3 Å². The van der Waals surface area contributed by atoms with E-state index in [1.54, 1.807) is 79.7 Å². The van der Waals surface area contributed by atoms with E-state index in [0.29, 0.717) is 23.1 Å². The first-order chi connectivity index (χ1) is 18.3. The van der Waals surface area contributed by atoms with Gasteiger partial charge in [-0.2, -0.15) is 0 Å². The van der Waals surface area contributed by atoms with Crippen molar-refractivity contribution in [2.24, 2.45) is 0 Å². The van der Waals surface area contributed by atoms with Crippen LogP contribution in [0.4, 0.5) is 0 Å². The summed E-state index contributed by atoms with van der Waals surface area (Å²) >= 11 is 6.40. The summed E-state index contributed by atoms with van der Waals surface area (Å²) in [6.45, 7) is 2.86. The lowest BCUT2D eigenvalue weighted by molar-refractivity contribution is -0.131. The molecule has 0 unspecified atom stereocenters. The largest absolute Gasteiger partial charge is 0.462 e. The number of nitrogens with zero attached hydrogens (tertiary/aromatic N) is 2. The van der Waals surface area contributed by atoms with Crippen molar-refractivity contribution in [3.8, 4) is 17.1 Å². The third kappa shape index (κ3) is 5.51. The minimum Gasteiger partial charge on any atom is -0.462 e. The summed E-state index contributed by atoms with van der Waals surface area (Å²) in [4.78, 5) is 52.2. The van der Waals surface area contributed by atoms with Crippen molar-refractivity contribution in [3.63, 3.8) is 0 Å². The van der Waals surface area contributed by atoms with Gasteiger partial charge in [0.2, 0.25) is 5.12 Å². The number of esters is 2. The molecule has 0 aliphatic rings.